The fourth-order valence-electron chi connectivity index (χ4n) is 4.52. The van der Waals surface area contributed by atoms with Gasteiger partial charge in [-0.2, -0.15) is 9.29 Å². The van der Waals surface area contributed by atoms with Crippen LogP contribution < -0.4 is 4.90 Å². The third-order valence-electron chi connectivity index (χ3n) is 6.12. The molecule has 2 aliphatic heterocycles. The number of hydrogen-bond donors (Lipinski definition) is 0. The average Bonchev–Trinajstić information content (AvgIpc) is 3.51. The molecular formula is C22H24N4O4S2. The highest BCUT2D eigenvalue weighted by Gasteiger charge is 2.38. The molecule has 2 aromatic heterocycles. The molecule has 1 aromatic carbocycles. The Labute approximate surface area is 190 Å². The maximum atomic E-state index is 13.5. The normalized spacial score (nSPS) is 19.3. The minimum atomic E-state index is -3.74. The smallest absolute Gasteiger partial charge is 0.244 e. The molecule has 168 valence electrons. The molecule has 0 bridgehead atoms. The molecule has 0 aliphatic carbocycles. The average molecular weight is 473 g/mol. The van der Waals surface area contributed by atoms with E-state index in [0.29, 0.717) is 47.4 Å². The molecule has 0 spiro atoms. The van der Waals surface area contributed by atoms with E-state index < -0.39 is 10.0 Å². The second-order valence-electron chi connectivity index (χ2n) is 8.24. The van der Waals surface area contributed by atoms with Gasteiger partial charge in [-0.1, -0.05) is 23.4 Å². The van der Waals surface area contributed by atoms with Crippen molar-refractivity contribution in [1.82, 2.24) is 14.4 Å². The maximum absolute atomic E-state index is 13.5. The summed E-state index contributed by atoms with van der Waals surface area (Å²) in [7, 11) is -3.74. The zero-order chi connectivity index (χ0) is 22.5. The van der Waals surface area contributed by atoms with Gasteiger partial charge in [0, 0.05) is 37.1 Å². The van der Waals surface area contributed by atoms with Gasteiger partial charge >= 0.3 is 0 Å². The summed E-state index contributed by atoms with van der Waals surface area (Å²) in [6.07, 6.45) is 2.19. The molecule has 0 N–H and O–H groups in total. The Hall–Kier alpha value is -2.56. The Morgan fingerprint density at radius 2 is 2.03 bits per heavy atom. The van der Waals surface area contributed by atoms with Gasteiger partial charge in [0.2, 0.25) is 27.6 Å². The second kappa shape index (κ2) is 8.09. The van der Waals surface area contributed by atoms with Crippen LogP contribution in [0.15, 0.2) is 39.8 Å². The molecular weight excluding hydrogens is 448 g/mol. The largest absolute Gasteiger partial charge is 0.339 e. The van der Waals surface area contributed by atoms with Crippen molar-refractivity contribution in [3.63, 3.8) is 0 Å². The van der Waals surface area contributed by atoms with Crippen molar-refractivity contribution < 1.29 is 17.7 Å². The number of piperidine rings is 1. The lowest BCUT2D eigenvalue weighted by atomic mass is 9.98. The number of amides is 1. The topological polar surface area (TPSA) is 96.6 Å². The predicted octanol–water partition coefficient (Wildman–Crippen LogP) is 3.40. The lowest BCUT2D eigenvalue weighted by Gasteiger charge is -2.33. The minimum Gasteiger partial charge on any atom is -0.339 e. The Morgan fingerprint density at radius 1 is 1.22 bits per heavy atom. The molecule has 8 nitrogen and oxygen atoms in total. The minimum absolute atomic E-state index is 0.0138. The van der Waals surface area contributed by atoms with Gasteiger partial charge in [0.25, 0.3) is 0 Å². The molecule has 1 saturated heterocycles. The van der Waals surface area contributed by atoms with Crippen LogP contribution in [-0.2, 0) is 21.2 Å². The van der Waals surface area contributed by atoms with Crippen molar-refractivity contribution in [2.24, 2.45) is 5.92 Å². The predicted molar refractivity (Wildman–Crippen MR) is 121 cm³/mol. The highest BCUT2D eigenvalue weighted by Crippen LogP contribution is 2.36. The van der Waals surface area contributed by atoms with Gasteiger partial charge in [-0.3, -0.25) is 4.79 Å². The Morgan fingerprint density at radius 3 is 2.81 bits per heavy atom. The number of sulfonamides is 1. The van der Waals surface area contributed by atoms with Crippen LogP contribution in [0.3, 0.4) is 0 Å². The number of fused-ring (bicyclic) bond motifs is 1. The number of aryl methyl sites for hydroxylation is 2. The van der Waals surface area contributed by atoms with Crippen molar-refractivity contribution in [3.8, 4) is 10.7 Å². The molecule has 4 heterocycles. The highest BCUT2D eigenvalue weighted by molar-refractivity contribution is 7.89. The van der Waals surface area contributed by atoms with Gasteiger partial charge in [-0.05, 0) is 43.9 Å². The van der Waals surface area contributed by atoms with E-state index in [-0.39, 0.29) is 23.3 Å². The molecule has 1 unspecified atom stereocenters. The summed E-state index contributed by atoms with van der Waals surface area (Å²) < 4.78 is 33.5. The van der Waals surface area contributed by atoms with Gasteiger partial charge in [-0.15, -0.1) is 11.3 Å². The first kappa shape index (κ1) is 21.3. The van der Waals surface area contributed by atoms with Crippen molar-refractivity contribution in [2.45, 2.75) is 38.0 Å². The van der Waals surface area contributed by atoms with Crippen molar-refractivity contribution in [2.75, 3.05) is 24.5 Å². The Bertz CT molecular complexity index is 1280. The molecule has 1 atom stereocenters. The van der Waals surface area contributed by atoms with Crippen LogP contribution >= 0.6 is 11.3 Å². The number of aromatic nitrogens is 2. The molecule has 0 radical (unpaired) electrons. The van der Waals surface area contributed by atoms with E-state index in [2.05, 4.69) is 10.1 Å². The van der Waals surface area contributed by atoms with Crippen LogP contribution in [0, 0.1) is 19.8 Å². The SMILES string of the molecule is Cc1nc(-c2cc(S(=O)(=O)N3CCCC(C(=O)N4CCc5ccccc54)C3)c(C)s2)no1. The summed E-state index contributed by atoms with van der Waals surface area (Å²) in [5.41, 5.74) is 2.12. The van der Waals surface area contributed by atoms with Crippen LogP contribution in [0.1, 0.15) is 29.2 Å². The molecule has 5 rings (SSSR count). The van der Waals surface area contributed by atoms with Gasteiger partial charge < -0.3 is 9.42 Å². The molecule has 32 heavy (non-hydrogen) atoms. The van der Waals surface area contributed by atoms with Gasteiger partial charge in [0.1, 0.15) is 0 Å². The summed E-state index contributed by atoms with van der Waals surface area (Å²) in [4.78, 5) is 20.9. The zero-order valence-electron chi connectivity index (χ0n) is 17.9. The molecule has 0 saturated carbocycles. The molecule has 1 fully saturated rings. The van der Waals surface area contributed by atoms with E-state index in [1.807, 2.05) is 29.2 Å². The van der Waals surface area contributed by atoms with E-state index in [4.69, 9.17) is 4.52 Å². The van der Waals surface area contributed by atoms with Gasteiger partial charge in [0.15, 0.2) is 0 Å². The molecule has 2 aliphatic rings. The quantitative estimate of drug-likeness (QED) is 0.577. The van der Waals surface area contributed by atoms with Crippen LogP contribution in [-0.4, -0.2) is 48.4 Å². The van der Waals surface area contributed by atoms with Crippen LogP contribution in [0.2, 0.25) is 0 Å². The monoisotopic (exact) mass is 472 g/mol. The first-order chi connectivity index (χ1) is 15.3. The first-order valence-corrected chi connectivity index (χ1v) is 12.9. The zero-order valence-corrected chi connectivity index (χ0v) is 19.6. The van der Waals surface area contributed by atoms with E-state index in [1.165, 1.54) is 21.2 Å². The fourth-order valence-corrected chi connectivity index (χ4v) is 7.53. The highest BCUT2D eigenvalue weighted by atomic mass is 32.2. The van der Waals surface area contributed by atoms with Crippen LogP contribution in [0.25, 0.3) is 10.7 Å². The third-order valence-corrected chi connectivity index (χ3v) is 9.29. The number of rotatable bonds is 4. The summed E-state index contributed by atoms with van der Waals surface area (Å²) >= 11 is 1.33. The number of nitrogens with zero attached hydrogens (tertiary/aromatic N) is 4. The Balaban J connectivity index is 1.37. The first-order valence-electron chi connectivity index (χ1n) is 10.6. The third kappa shape index (κ3) is 3.66. The molecule has 10 heteroatoms. The molecule has 1 amide bonds. The van der Waals surface area contributed by atoms with E-state index in [1.54, 1.807) is 19.9 Å². The van der Waals surface area contributed by atoms with Gasteiger partial charge in [-0.25, -0.2) is 8.42 Å². The number of anilines is 1. The summed E-state index contributed by atoms with van der Waals surface area (Å²) in [5.74, 6) is 0.482. The van der Waals surface area contributed by atoms with Crippen molar-refractivity contribution >= 4 is 33.0 Å². The Kier molecular flexibility index (Phi) is 5.39. The van der Waals surface area contributed by atoms with Crippen molar-refractivity contribution in [1.29, 1.82) is 0 Å². The lowest BCUT2D eigenvalue weighted by Crippen LogP contribution is -2.46. The molecule has 3 aromatic rings. The number of thiophene rings is 1. The lowest BCUT2D eigenvalue weighted by molar-refractivity contribution is -0.123. The summed E-state index contributed by atoms with van der Waals surface area (Å²) in [6.45, 7) is 4.74. The summed E-state index contributed by atoms with van der Waals surface area (Å²) in [6, 6.07) is 9.54. The fraction of sp³-hybridized carbons (Fsp3) is 0.409. The van der Waals surface area contributed by atoms with Crippen LogP contribution in [0.4, 0.5) is 5.69 Å². The maximum Gasteiger partial charge on any atom is 0.244 e. The summed E-state index contributed by atoms with van der Waals surface area (Å²) in [5, 5.41) is 3.90. The number of carbonyl (C=O) groups is 1. The van der Waals surface area contributed by atoms with E-state index in [0.717, 1.165) is 12.1 Å². The standard InChI is InChI=1S/C22H24N4O4S2/c1-14-20(12-19(31-14)21-23-15(2)30-24-21)32(28,29)25-10-5-7-17(13-25)22(27)26-11-9-16-6-3-4-8-18(16)26/h3-4,6,8,12,17H,5,7,9-11,13H2,1-2H3. The number of benzene rings is 1. The number of carbonyl (C=O) groups excluding carboxylic acids is 1. The number of hydrogen-bond acceptors (Lipinski definition) is 7. The second-order valence-corrected chi connectivity index (χ2v) is 11.4. The number of para-hydroxylation sites is 1. The van der Waals surface area contributed by atoms with Crippen LogP contribution in [0.5, 0.6) is 0 Å². The van der Waals surface area contributed by atoms with E-state index in [9.17, 15) is 13.2 Å². The van der Waals surface area contributed by atoms with Gasteiger partial charge in [0.05, 0.1) is 15.7 Å². The van der Waals surface area contributed by atoms with Crippen molar-refractivity contribution in [3.05, 3.63) is 46.7 Å². The van der Waals surface area contributed by atoms with E-state index >= 15 is 0 Å².